The quantitative estimate of drug-likeness (QED) is 0.105. The second kappa shape index (κ2) is 16.4. The molecule has 5 aromatic rings. The largest absolute Gasteiger partial charge is 0.497 e. The molecule has 0 fully saturated rings. The average Bonchev–Trinajstić information content (AvgIpc) is 3.45. The van der Waals surface area contributed by atoms with Gasteiger partial charge in [-0.25, -0.2) is 14.6 Å². The monoisotopic (exact) mass is 926 g/mol. The van der Waals surface area contributed by atoms with E-state index in [1.165, 1.54) is 11.3 Å². The van der Waals surface area contributed by atoms with Crippen molar-refractivity contribution in [1.82, 2.24) is 4.57 Å². The Bertz CT molecular complexity index is 2300. The lowest BCUT2D eigenvalue weighted by molar-refractivity contribution is -0.138. The minimum atomic E-state index is -0.812. The van der Waals surface area contributed by atoms with Gasteiger partial charge in [-0.2, -0.15) is 0 Å². The molecule has 0 bridgehead atoms. The van der Waals surface area contributed by atoms with E-state index in [2.05, 4.69) is 45.2 Å². The Balaban J connectivity index is 1.48. The summed E-state index contributed by atoms with van der Waals surface area (Å²) in [5.41, 5.74) is 3.90. The van der Waals surface area contributed by atoms with Gasteiger partial charge in [0.1, 0.15) is 18.1 Å². The first-order chi connectivity index (χ1) is 24.7. The fraction of sp³-hybridized carbons (Fsp3) is 0.179. The van der Waals surface area contributed by atoms with E-state index in [1.807, 2.05) is 72.8 Å². The zero-order valence-electron chi connectivity index (χ0n) is 27.9. The van der Waals surface area contributed by atoms with Crippen molar-refractivity contribution >= 4 is 80.2 Å². The predicted octanol–water partition coefficient (Wildman–Crippen LogP) is 6.91. The molecule has 4 aromatic carbocycles. The Morgan fingerprint density at radius 1 is 0.902 bits per heavy atom. The number of carbonyl (C=O) groups excluding carboxylic acids is 2. The first-order valence-corrected chi connectivity index (χ1v) is 19.0. The van der Waals surface area contributed by atoms with Gasteiger partial charge in [-0.05, 0) is 113 Å². The van der Waals surface area contributed by atoms with Crippen LogP contribution < -0.4 is 24.4 Å². The van der Waals surface area contributed by atoms with Crippen LogP contribution in [0.2, 0.25) is 0 Å². The summed E-state index contributed by atoms with van der Waals surface area (Å²) in [6, 6.07) is 27.0. The van der Waals surface area contributed by atoms with E-state index in [4.69, 9.17) is 23.9 Å². The van der Waals surface area contributed by atoms with Crippen molar-refractivity contribution in [2.75, 3.05) is 20.3 Å². The topological polar surface area (TPSA) is 105 Å². The SMILES string of the molecule is CCOC(=O)C1=C(c2ccccc2)N=c2s/c(=C\c3cc(I)cc(I)c3OCc3ccc(C(=O)OCC)cc3)c(=O)n2[C@@H]1c1ccc(OC)cc1. The van der Waals surface area contributed by atoms with Gasteiger partial charge in [0.05, 0.1) is 51.3 Å². The number of carbonyl (C=O) groups is 2. The normalized spacial score (nSPS) is 14.1. The molecule has 0 spiro atoms. The van der Waals surface area contributed by atoms with E-state index >= 15 is 0 Å². The second-order valence-corrected chi connectivity index (χ2v) is 14.6. The lowest BCUT2D eigenvalue weighted by atomic mass is 9.93. The summed E-state index contributed by atoms with van der Waals surface area (Å²) in [6.45, 7) is 4.22. The minimum Gasteiger partial charge on any atom is -0.497 e. The van der Waals surface area contributed by atoms with Crippen molar-refractivity contribution in [2.24, 2.45) is 4.99 Å². The van der Waals surface area contributed by atoms with Crippen molar-refractivity contribution in [2.45, 2.75) is 26.5 Å². The maximum atomic E-state index is 14.5. The van der Waals surface area contributed by atoms with Crippen LogP contribution in [-0.2, 0) is 20.9 Å². The van der Waals surface area contributed by atoms with Gasteiger partial charge < -0.3 is 18.9 Å². The summed E-state index contributed by atoms with van der Waals surface area (Å²) in [7, 11) is 1.58. The molecule has 0 aliphatic carbocycles. The van der Waals surface area contributed by atoms with Crippen LogP contribution in [-0.4, -0.2) is 36.8 Å². The maximum Gasteiger partial charge on any atom is 0.338 e. The lowest BCUT2D eigenvalue weighted by Gasteiger charge is -2.26. The molecule has 51 heavy (non-hydrogen) atoms. The first kappa shape index (κ1) is 36.5. The number of methoxy groups -OCH3 is 1. The van der Waals surface area contributed by atoms with Gasteiger partial charge >= 0.3 is 11.9 Å². The minimum absolute atomic E-state index is 0.160. The summed E-state index contributed by atoms with van der Waals surface area (Å²) in [4.78, 5) is 45.8. The Morgan fingerprint density at radius 3 is 2.25 bits per heavy atom. The number of hydrogen-bond acceptors (Lipinski definition) is 9. The van der Waals surface area contributed by atoms with Crippen molar-refractivity contribution in [3.63, 3.8) is 0 Å². The fourth-order valence-electron chi connectivity index (χ4n) is 5.63. The van der Waals surface area contributed by atoms with E-state index in [-0.39, 0.29) is 30.3 Å². The van der Waals surface area contributed by atoms with Crippen LogP contribution >= 0.6 is 56.5 Å². The van der Waals surface area contributed by atoms with Gasteiger partial charge in [-0.15, -0.1) is 0 Å². The van der Waals surface area contributed by atoms with Crippen LogP contribution in [0.25, 0.3) is 11.8 Å². The molecule has 0 N–H and O–H groups in total. The number of esters is 2. The average molecular weight is 927 g/mol. The van der Waals surface area contributed by atoms with Crippen LogP contribution in [0.1, 0.15) is 52.5 Å². The Labute approximate surface area is 325 Å². The number of fused-ring (bicyclic) bond motifs is 1. The van der Waals surface area contributed by atoms with Crippen LogP contribution in [0.15, 0.2) is 106 Å². The highest BCUT2D eigenvalue weighted by molar-refractivity contribution is 14.1. The van der Waals surface area contributed by atoms with Crippen molar-refractivity contribution < 1.29 is 28.5 Å². The molecule has 1 aliphatic rings. The molecule has 0 saturated carbocycles. The number of hydrogen-bond donors (Lipinski definition) is 0. The van der Waals surface area contributed by atoms with Crippen molar-refractivity contribution in [3.8, 4) is 11.5 Å². The van der Waals surface area contributed by atoms with E-state index in [9.17, 15) is 14.4 Å². The molecule has 0 amide bonds. The smallest absolute Gasteiger partial charge is 0.338 e. The maximum absolute atomic E-state index is 14.5. The zero-order valence-corrected chi connectivity index (χ0v) is 33.0. The highest BCUT2D eigenvalue weighted by atomic mass is 127. The van der Waals surface area contributed by atoms with Crippen LogP contribution in [0.4, 0.5) is 0 Å². The molecule has 1 aromatic heterocycles. The third kappa shape index (κ3) is 7.97. The molecule has 260 valence electrons. The Morgan fingerprint density at radius 2 is 1.59 bits per heavy atom. The number of aromatic nitrogens is 1. The van der Waals surface area contributed by atoms with Crippen molar-refractivity contribution in [1.29, 1.82) is 0 Å². The molecule has 9 nitrogen and oxygen atoms in total. The third-order valence-electron chi connectivity index (χ3n) is 7.98. The Hall–Kier alpha value is -4.28. The van der Waals surface area contributed by atoms with E-state index in [1.54, 1.807) is 49.8 Å². The van der Waals surface area contributed by atoms with Gasteiger partial charge in [0, 0.05) is 14.7 Å². The van der Waals surface area contributed by atoms with Gasteiger partial charge in [-0.1, -0.05) is 65.9 Å². The Kier molecular flexibility index (Phi) is 11.7. The number of rotatable bonds is 11. The van der Waals surface area contributed by atoms with Gasteiger partial charge in [0.25, 0.3) is 5.56 Å². The van der Waals surface area contributed by atoms with Gasteiger partial charge in [0.15, 0.2) is 4.80 Å². The molecule has 0 radical (unpaired) electrons. The van der Waals surface area contributed by atoms with E-state index < -0.39 is 12.0 Å². The molecule has 1 aliphatic heterocycles. The van der Waals surface area contributed by atoms with Crippen LogP contribution in [0.5, 0.6) is 11.5 Å². The molecule has 2 heterocycles. The molecule has 0 unspecified atom stereocenters. The summed E-state index contributed by atoms with van der Waals surface area (Å²) < 4.78 is 26.3. The third-order valence-corrected chi connectivity index (χ3v) is 10.4. The molecule has 0 saturated heterocycles. The van der Waals surface area contributed by atoms with Crippen molar-refractivity contribution in [3.05, 3.63) is 151 Å². The number of thiazole rings is 1. The summed E-state index contributed by atoms with van der Waals surface area (Å²) in [5.74, 6) is 0.334. The van der Waals surface area contributed by atoms with Crippen LogP contribution in [0.3, 0.4) is 0 Å². The number of halogens is 2. The number of nitrogens with zero attached hydrogens (tertiary/aromatic N) is 2. The molecule has 12 heteroatoms. The number of ether oxygens (including phenoxy) is 4. The fourth-order valence-corrected chi connectivity index (χ4v) is 8.67. The van der Waals surface area contributed by atoms with Gasteiger partial charge in [0.2, 0.25) is 0 Å². The first-order valence-electron chi connectivity index (χ1n) is 16.0. The zero-order chi connectivity index (χ0) is 36.1. The molecular weight excluding hydrogens is 894 g/mol. The summed E-state index contributed by atoms with van der Waals surface area (Å²) >= 11 is 5.72. The highest BCUT2D eigenvalue weighted by Crippen LogP contribution is 2.36. The van der Waals surface area contributed by atoms with E-state index in [0.717, 1.165) is 18.3 Å². The number of benzene rings is 4. The molecular formula is C39H32I2N2O7S. The highest BCUT2D eigenvalue weighted by Gasteiger charge is 2.35. The summed E-state index contributed by atoms with van der Waals surface area (Å²) in [5, 5.41) is 0. The van der Waals surface area contributed by atoms with Crippen LogP contribution in [0, 0.1) is 7.14 Å². The second-order valence-electron chi connectivity index (χ2n) is 11.2. The molecule has 1 atom stereocenters. The standard InChI is InChI=1S/C39H32I2N2O7S/c1-4-48-37(45)26-13-11-23(12-14-26)22-50-35-27(19-28(40)21-30(35)41)20-31-36(44)43-34(25-15-17-29(47-3)18-16-25)32(38(46)49-5-2)33(42-39(43)51-31)24-9-7-6-8-10-24/h6-21,34H,4-5,22H2,1-3H3/b31-20-/t34-/m1/s1. The predicted molar refractivity (Wildman–Crippen MR) is 213 cm³/mol. The summed E-state index contributed by atoms with van der Waals surface area (Å²) in [6.07, 6.45) is 1.81. The van der Waals surface area contributed by atoms with E-state index in [0.29, 0.717) is 49.8 Å². The molecule has 6 rings (SSSR count). The lowest BCUT2D eigenvalue weighted by Crippen LogP contribution is -2.40. The van der Waals surface area contributed by atoms with Gasteiger partial charge in [-0.3, -0.25) is 9.36 Å².